The zero-order chi connectivity index (χ0) is 23.8. The Morgan fingerprint density at radius 3 is 2.68 bits per heavy atom. The van der Waals surface area contributed by atoms with Gasteiger partial charge in [-0.2, -0.15) is 5.26 Å². The number of esters is 1. The topological polar surface area (TPSA) is 94.2 Å². The first-order valence-electron chi connectivity index (χ1n) is 12.0. The second kappa shape index (κ2) is 9.19. The van der Waals surface area contributed by atoms with Crippen molar-refractivity contribution in [2.45, 2.75) is 57.8 Å². The highest BCUT2D eigenvalue weighted by atomic mass is 32.1. The number of ether oxygens (including phenoxy) is 1. The lowest BCUT2D eigenvalue weighted by Gasteiger charge is -2.42. The summed E-state index contributed by atoms with van der Waals surface area (Å²) < 4.78 is 5.44. The number of ketones is 1. The Labute approximate surface area is 203 Å². The first kappa shape index (κ1) is 22.5. The minimum absolute atomic E-state index is 0.0341. The van der Waals surface area contributed by atoms with Gasteiger partial charge in [-0.3, -0.25) is 15.1 Å². The summed E-state index contributed by atoms with van der Waals surface area (Å²) in [6.45, 7) is 2.06. The summed E-state index contributed by atoms with van der Waals surface area (Å²) in [5, 5.41) is 20.0. The van der Waals surface area contributed by atoms with E-state index >= 15 is 0 Å². The van der Waals surface area contributed by atoms with E-state index in [4.69, 9.17) is 4.74 Å². The summed E-state index contributed by atoms with van der Waals surface area (Å²) in [7, 11) is 0. The smallest absolute Gasteiger partial charge is 0.341 e. The standard InChI is InChI=1S/C27H27N3O3S/c1-2-33-27(32)23-17-11-6-7-14-21(17)34-26(23)30-19-12-8-13-20(31)24(19)22(18(15-28)25(30)29)16-9-4-3-5-10-16/h3-5,9-10,18,22,29H,2,6-8,11-14H2,1H3. The fourth-order valence-electron chi connectivity index (χ4n) is 5.55. The zero-order valence-corrected chi connectivity index (χ0v) is 20.0. The molecule has 0 saturated heterocycles. The molecule has 2 aromatic rings. The lowest BCUT2D eigenvalue weighted by molar-refractivity contribution is -0.116. The quantitative estimate of drug-likeness (QED) is 0.589. The number of hydrogen-bond acceptors (Lipinski definition) is 6. The van der Waals surface area contributed by atoms with Gasteiger partial charge in [0.1, 0.15) is 16.8 Å². The van der Waals surface area contributed by atoms with Gasteiger partial charge in [0.05, 0.1) is 18.2 Å². The molecule has 0 amide bonds. The van der Waals surface area contributed by atoms with Gasteiger partial charge in [0.2, 0.25) is 0 Å². The third-order valence-electron chi connectivity index (χ3n) is 7.01. The van der Waals surface area contributed by atoms with Crippen molar-refractivity contribution in [2.24, 2.45) is 5.92 Å². The molecule has 2 atom stereocenters. The van der Waals surface area contributed by atoms with Crippen molar-refractivity contribution in [3.8, 4) is 6.07 Å². The number of aryl methyl sites for hydroxylation is 1. The molecule has 0 spiro atoms. The van der Waals surface area contributed by atoms with Crippen molar-refractivity contribution in [1.82, 2.24) is 0 Å². The van der Waals surface area contributed by atoms with Crippen LogP contribution in [0.3, 0.4) is 0 Å². The van der Waals surface area contributed by atoms with E-state index < -0.39 is 11.8 Å². The van der Waals surface area contributed by atoms with Crippen LogP contribution in [0.4, 0.5) is 5.00 Å². The predicted octanol–water partition coefficient (Wildman–Crippen LogP) is 5.53. The molecule has 3 aliphatic rings. The molecular formula is C27H27N3O3S. The average molecular weight is 474 g/mol. The number of fused-ring (bicyclic) bond motifs is 1. The molecule has 0 bridgehead atoms. The lowest BCUT2D eigenvalue weighted by Crippen LogP contribution is -2.46. The maximum atomic E-state index is 13.3. The van der Waals surface area contributed by atoms with Crippen LogP contribution in [0.15, 0.2) is 41.6 Å². The largest absolute Gasteiger partial charge is 0.462 e. The number of anilines is 1. The number of hydrogen-bond donors (Lipinski definition) is 1. The minimum atomic E-state index is -0.822. The van der Waals surface area contributed by atoms with Crippen LogP contribution in [0.1, 0.15) is 71.3 Å². The Hall–Kier alpha value is -3.24. The van der Waals surface area contributed by atoms with Gasteiger partial charge >= 0.3 is 5.97 Å². The van der Waals surface area contributed by atoms with Crippen molar-refractivity contribution in [3.05, 3.63) is 63.2 Å². The molecule has 7 heteroatoms. The first-order chi connectivity index (χ1) is 16.6. The van der Waals surface area contributed by atoms with E-state index in [1.54, 1.807) is 11.8 Å². The Bertz CT molecular complexity index is 1240. The Morgan fingerprint density at radius 2 is 1.94 bits per heavy atom. The van der Waals surface area contributed by atoms with E-state index in [2.05, 4.69) is 6.07 Å². The highest BCUT2D eigenvalue weighted by Gasteiger charge is 2.46. The number of nitrogens with zero attached hydrogens (tertiary/aromatic N) is 2. The second-order valence-electron chi connectivity index (χ2n) is 8.96. The van der Waals surface area contributed by atoms with E-state index in [0.29, 0.717) is 35.4 Å². The third kappa shape index (κ3) is 3.57. The number of rotatable bonds is 4. The van der Waals surface area contributed by atoms with Gasteiger partial charge in [-0.15, -0.1) is 11.3 Å². The predicted molar refractivity (Wildman–Crippen MR) is 131 cm³/mol. The molecular weight excluding hydrogens is 446 g/mol. The molecule has 2 aliphatic carbocycles. The van der Waals surface area contributed by atoms with E-state index in [9.17, 15) is 20.3 Å². The van der Waals surface area contributed by atoms with Crippen molar-refractivity contribution < 1.29 is 14.3 Å². The molecule has 1 N–H and O–H groups in total. The molecule has 1 aromatic heterocycles. The highest BCUT2D eigenvalue weighted by molar-refractivity contribution is 7.17. The number of nitrogens with one attached hydrogen (secondary N) is 1. The molecule has 1 aromatic carbocycles. The molecule has 0 saturated carbocycles. The van der Waals surface area contributed by atoms with Crippen LogP contribution in [-0.2, 0) is 22.4 Å². The maximum Gasteiger partial charge on any atom is 0.341 e. The van der Waals surface area contributed by atoms with Crippen LogP contribution >= 0.6 is 11.3 Å². The number of allylic oxidation sites excluding steroid dienone is 2. The molecule has 6 nitrogen and oxygen atoms in total. The molecule has 0 radical (unpaired) electrons. The van der Waals surface area contributed by atoms with Gasteiger partial charge in [-0.05, 0) is 56.6 Å². The van der Waals surface area contributed by atoms with Crippen LogP contribution in [0.2, 0.25) is 0 Å². The van der Waals surface area contributed by atoms with Crippen LogP contribution in [0.5, 0.6) is 0 Å². The Morgan fingerprint density at radius 1 is 1.18 bits per heavy atom. The number of Topliss-reactive ketones (excluding diaryl/α,β-unsaturated/α-hetero) is 1. The first-order valence-corrected chi connectivity index (χ1v) is 12.8. The fraction of sp³-hybridized carbons (Fsp3) is 0.407. The van der Waals surface area contributed by atoms with Gasteiger partial charge in [-0.25, -0.2) is 4.79 Å². The lowest BCUT2D eigenvalue weighted by atomic mass is 9.72. The summed E-state index contributed by atoms with van der Waals surface area (Å²) >= 11 is 1.52. The monoisotopic (exact) mass is 473 g/mol. The summed E-state index contributed by atoms with van der Waals surface area (Å²) in [6.07, 6.45) is 5.54. The number of carbonyl (C=O) groups is 2. The molecule has 34 heavy (non-hydrogen) atoms. The van der Waals surface area contributed by atoms with Crippen LogP contribution in [0, 0.1) is 22.7 Å². The minimum Gasteiger partial charge on any atom is -0.462 e. The number of carbonyl (C=O) groups excluding carboxylic acids is 2. The molecule has 174 valence electrons. The summed E-state index contributed by atoms with van der Waals surface area (Å²) in [5.41, 5.74) is 3.80. The number of amidine groups is 1. The molecule has 5 rings (SSSR count). The van der Waals surface area contributed by atoms with Crippen molar-refractivity contribution in [2.75, 3.05) is 11.5 Å². The van der Waals surface area contributed by atoms with Crippen LogP contribution in [0.25, 0.3) is 0 Å². The van der Waals surface area contributed by atoms with Gasteiger partial charge < -0.3 is 4.74 Å². The Balaban J connectivity index is 1.75. The van der Waals surface area contributed by atoms with E-state index in [1.807, 2.05) is 30.3 Å². The van der Waals surface area contributed by atoms with Gasteiger partial charge in [-0.1, -0.05) is 30.3 Å². The van der Waals surface area contributed by atoms with Crippen LogP contribution < -0.4 is 4.90 Å². The number of nitriles is 1. The SMILES string of the molecule is CCOC(=O)c1c(N2C(=N)C(C#N)C(c3ccccc3)C3=C2CCCC3=O)sc2c1CCCC2. The summed E-state index contributed by atoms with van der Waals surface area (Å²) in [4.78, 5) is 29.4. The fourth-order valence-corrected chi connectivity index (χ4v) is 6.97. The van der Waals surface area contributed by atoms with Crippen molar-refractivity contribution in [3.63, 3.8) is 0 Å². The van der Waals surface area contributed by atoms with Gasteiger partial charge in [0.25, 0.3) is 0 Å². The summed E-state index contributed by atoms with van der Waals surface area (Å²) in [5.74, 6) is -1.51. The highest BCUT2D eigenvalue weighted by Crippen LogP contribution is 2.50. The number of thiophene rings is 1. The van der Waals surface area contributed by atoms with E-state index in [-0.39, 0.29) is 24.2 Å². The van der Waals surface area contributed by atoms with Crippen LogP contribution in [-0.4, -0.2) is 24.2 Å². The molecule has 2 unspecified atom stereocenters. The second-order valence-corrected chi connectivity index (χ2v) is 10.0. The van der Waals surface area contributed by atoms with Gasteiger partial charge in [0, 0.05) is 28.5 Å². The zero-order valence-electron chi connectivity index (χ0n) is 19.2. The third-order valence-corrected chi connectivity index (χ3v) is 8.29. The maximum absolute atomic E-state index is 13.3. The van der Waals surface area contributed by atoms with Gasteiger partial charge in [0.15, 0.2) is 5.78 Å². The molecule has 0 fully saturated rings. The van der Waals surface area contributed by atoms with Crippen molar-refractivity contribution >= 4 is 33.9 Å². The van der Waals surface area contributed by atoms with Crippen molar-refractivity contribution in [1.29, 1.82) is 10.7 Å². The molecule has 2 heterocycles. The Kier molecular flexibility index (Phi) is 6.09. The summed E-state index contributed by atoms with van der Waals surface area (Å²) in [6, 6.07) is 11.9. The van der Waals surface area contributed by atoms with E-state index in [0.717, 1.165) is 47.4 Å². The molecule has 1 aliphatic heterocycles. The average Bonchev–Trinajstić information content (AvgIpc) is 3.23. The number of benzene rings is 1. The van der Waals surface area contributed by atoms with E-state index in [1.165, 1.54) is 11.3 Å². The normalized spacial score (nSPS) is 22.2.